The van der Waals surface area contributed by atoms with E-state index in [1.807, 2.05) is 72.5 Å². The Labute approximate surface area is 200 Å². The smallest absolute Gasteiger partial charge is 0.257 e. The van der Waals surface area contributed by atoms with E-state index in [4.69, 9.17) is 21.1 Å². The van der Waals surface area contributed by atoms with E-state index in [9.17, 15) is 4.79 Å². The Morgan fingerprint density at radius 3 is 2.74 bits per heavy atom. The maximum Gasteiger partial charge on any atom is 0.257 e. The molecule has 4 heterocycles. The second kappa shape index (κ2) is 8.11. The van der Waals surface area contributed by atoms with Crippen LogP contribution in [0.3, 0.4) is 0 Å². The van der Waals surface area contributed by atoms with Crippen molar-refractivity contribution in [2.45, 2.75) is 19.9 Å². The highest BCUT2D eigenvalue weighted by atomic mass is 35.5. The Balaban J connectivity index is 1.29. The van der Waals surface area contributed by atoms with Gasteiger partial charge in [0.2, 0.25) is 0 Å². The number of carbonyl (C=O) groups is 1. The number of hydrogen-bond acceptors (Lipinski definition) is 5. The van der Waals surface area contributed by atoms with Crippen molar-refractivity contribution in [2.24, 2.45) is 0 Å². The molecule has 0 N–H and O–H groups in total. The minimum Gasteiger partial charge on any atom is -0.356 e. The first kappa shape index (κ1) is 20.6. The number of aromatic nitrogens is 4. The van der Waals surface area contributed by atoms with Crippen LogP contribution in [0.4, 0.5) is 0 Å². The van der Waals surface area contributed by atoms with Crippen LogP contribution in [0.1, 0.15) is 27.3 Å². The van der Waals surface area contributed by atoms with Gasteiger partial charge in [-0.05, 0) is 49.4 Å². The van der Waals surface area contributed by atoms with Gasteiger partial charge in [-0.1, -0.05) is 35.0 Å². The zero-order chi connectivity index (χ0) is 23.2. The van der Waals surface area contributed by atoms with E-state index in [1.54, 1.807) is 10.9 Å². The summed E-state index contributed by atoms with van der Waals surface area (Å²) < 4.78 is 7.36. The third-order valence-electron chi connectivity index (χ3n) is 6.27. The molecule has 5 aromatic rings. The molecule has 2 aromatic carbocycles. The predicted molar refractivity (Wildman–Crippen MR) is 129 cm³/mol. The number of para-hydroxylation sites is 1. The molecule has 0 saturated carbocycles. The van der Waals surface area contributed by atoms with Crippen LogP contribution in [0.25, 0.3) is 28.0 Å². The largest absolute Gasteiger partial charge is 0.356 e. The van der Waals surface area contributed by atoms with Crippen molar-refractivity contribution in [3.8, 4) is 17.1 Å². The average Bonchev–Trinajstić information content (AvgIpc) is 3.47. The summed E-state index contributed by atoms with van der Waals surface area (Å²) in [5, 5.41) is 10.4. The van der Waals surface area contributed by atoms with Crippen LogP contribution in [0.15, 0.2) is 71.4 Å². The molecule has 6 rings (SSSR count). The van der Waals surface area contributed by atoms with E-state index >= 15 is 0 Å². The lowest BCUT2D eigenvalue weighted by Crippen LogP contribution is -2.36. The summed E-state index contributed by atoms with van der Waals surface area (Å²) in [5.74, 6) is 1.29. The maximum atomic E-state index is 13.5. The van der Waals surface area contributed by atoms with Crippen molar-refractivity contribution < 1.29 is 9.32 Å². The first-order valence-corrected chi connectivity index (χ1v) is 11.4. The molecule has 1 amide bonds. The Hall–Kier alpha value is -3.97. The third-order valence-corrected chi connectivity index (χ3v) is 6.52. The first-order valence-electron chi connectivity index (χ1n) is 11.0. The van der Waals surface area contributed by atoms with Crippen LogP contribution in [0.5, 0.6) is 0 Å². The molecule has 0 spiro atoms. The van der Waals surface area contributed by atoms with E-state index < -0.39 is 0 Å². The number of nitrogens with zero attached hydrogens (tertiary/aromatic N) is 5. The second-order valence-electron chi connectivity index (χ2n) is 8.34. The van der Waals surface area contributed by atoms with Crippen molar-refractivity contribution in [3.63, 3.8) is 0 Å². The van der Waals surface area contributed by atoms with Gasteiger partial charge in [-0.3, -0.25) is 4.79 Å². The van der Waals surface area contributed by atoms with Crippen molar-refractivity contribution >= 4 is 28.4 Å². The van der Waals surface area contributed by atoms with Gasteiger partial charge in [-0.2, -0.15) is 5.10 Å². The monoisotopic (exact) mass is 469 g/mol. The summed E-state index contributed by atoms with van der Waals surface area (Å²) in [6.45, 7) is 2.89. The van der Waals surface area contributed by atoms with Crippen LogP contribution < -0.4 is 0 Å². The molecule has 3 aromatic heterocycles. The molecule has 0 unspecified atom stereocenters. The fraction of sp³-hybridized carbons (Fsp3) is 0.154. The standard InChI is InChI=1S/C26H20ClN5O2/c1-16-20(14-28-32(16)24-11-8-17-4-2-3-5-22(17)29-24)26(33)31-13-12-23-21(15-31)25(34-30-23)18-6-9-19(27)10-7-18/h2-11,14H,12-13,15H2,1H3. The van der Waals surface area contributed by atoms with Crippen molar-refractivity contribution in [2.75, 3.05) is 6.54 Å². The third kappa shape index (κ3) is 3.45. The SMILES string of the molecule is Cc1c(C(=O)N2CCc3noc(-c4ccc(Cl)cc4)c3C2)cnn1-c1ccc2ccccc2n1. The molecule has 0 saturated heterocycles. The molecule has 0 bridgehead atoms. The maximum absolute atomic E-state index is 13.5. The Bertz CT molecular complexity index is 1540. The summed E-state index contributed by atoms with van der Waals surface area (Å²) in [6, 6.07) is 19.3. The normalized spacial score (nSPS) is 13.3. The molecule has 0 atom stereocenters. The number of hydrogen-bond donors (Lipinski definition) is 0. The molecule has 168 valence electrons. The van der Waals surface area contributed by atoms with Crippen LogP contribution in [0.2, 0.25) is 5.02 Å². The topological polar surface area (TPSA) is 77.0 Å². The van der Waals surface area contributed by atoms with Gasteiger partial charge in [-0.25, -0.2) is 9.67 Å². The molecular weight excluding hydrogens is 450 g/mol. The van der Waals surface area contributed by atoms with Crippen LogP contribution in [-0.2, 0) is 13.0 Å². The number of rotatable bonds is 3. The van der Waals surface area contributed by atoms with Crippen LogP contribution in [0, 0.1) is 6.92 Å². The minimum atomic E-state index is -0.0709. The summed E-state index contributed by atoms with van der Waals surface area (Å²) in [7, 11) is 0. The molecule has 8 heteroatoms. The number of amides is 1. The van der Waals surface area contributed by atoms with Gasteiger partial charge >= 0.3 is 0 Å². The van der Waals surface area contributed by atoms with Gasteiger partial charge in [-0.15, -0.1) is 0 Å². The van der Waals surface area contributed by atoms with Crippen molar-refractivity contribution in [3.05, 3.63) is 94.4 Å². The molecule has 0 aliphatic carbocycles. The lowest BCUT2D eigenvalue weighted by molar-refractivity contribution is 0.0734. The summed E-state index contributed by atoms with van der Waals surface area (Å²) >= 11 is 6.03. The lowest BCUT2D eigenvalue weighted by Gasteiger charge is -2.26. The highest BCUT2D eigenvalue weighted by Crippen LogP contribution is 2.32. The van der Waals surface area contributed by atoms with Gasteiger partial charge in [0, 0.05) is 34.5 Å². The highest BCUT2D eigenvalue weighted by molar-refractivity contribution is 6.30. The molecule has 1 aliphatic rings. The van der Waals surface area contributed by atoms with E-state index in [-0.39, 0.29) is 5.91 Å². The van der Waals surface area contributed by atoms with E-state index in [0.717, 1.165) is 33.4 Å². The van der Waals surface area contributed by atoms with Gasteiger partial charge in [0.05, 0.1) is 35.2 Å². The molecule has 0 radical (unpaired) electrons. The minimum absolute atomic E-state index is 0.0709. The summed E-state index contributed by atoms with van der Waals surface area (Å²) in [5.41, 5.74) is 4.90. The number of benzene rings is 2. The highest BCUT2D eigenvalue weighted by Gasteiger charge is 2.29. The lowest BCUT2D eigenvalue weighted by atomic mass is 10.0. The average molecular weight is 470 g/mol. The van der Waals surface area contributed by atoms with Crippen molar-refractivity contribution in [1.29, 1.82) is 0 Å². The van der Waals surface area contributed by atoms with E-state index in [0.29, 0.717) is 41.7 Å². The molecule has 1 aliphatic heterocycles. The summed E-state index contributed by atoms with van der Waals surface area (Å²) in [4.78, 5) is 20.0. The number of carbonyl (C=O) groups excluding carboxylic acids is 1. The zero-order valence-electron chi connectivity index (χ0n) is 18.4. The number of pyridine rings is 1. The zero-order valence-corrected chi connectivity index (χ0v) is 19.2. The quantitative estimate of drug-likeness (QED) is 0.361. The molecule has 0 fully saturated rings. The number of fused-ring (bicyclic) bond motifs is 2. The first-order chi connectivity index (χ1) is 16.6. The van der Waals surface area contributed by atoms with Gasteiger partial charge in [0.25, 0.3) is 5.91 Å². The Kier molecular flexibility index (Phi) is 4.92. The Morgan fingerprint density at radius 2 is 1.88 bits per heavy atom. The fourth-order valence-electron chi connectivity index (χ4n) is 4.41. The van der Waals surface area contributed by atoms with Crippen LogP contribution >= 0.6 is 11.6 Å². The van der Waals surface area contributed by atoms with E-state index in [2.05, 4.69) is 10.3 Å². The van der Waals surface area contributed by atoms with Gasteiger partial charge in [0.1, 0.15) is 0 Å². The molecule has 7 nitrogen and oxygen atoms in total. The molecular formula is C26H20ClN5O2. The number of halogens is 1. The fourth-order valence-corrected chi connectivity index (χ4v) is 4.53. The second-order valence-corrected chi connectivity index (χ2v) is 8.77. The Morgan fingerprint density at radius 1 is 1.06 bits per heavy atom. The van der Waals surface area contributed by atoms with Crippen molar-refractivity contribution in [1.82, 2.24) is 24.8 Å². The predicted octanol–water partition coefficient (Wildman–Crippen LogP) is 5.24. The van der Waals surface area contributed by atoms with Gasteiger partial charge in [0.15, 0.2) is 11.6 Å². The molecule has 34 heavy (non-hydrogen) atoms. The van der Waals surface area contributed by atoms with E-state index in [1.165, 1.54) is 0 Å². The summed E-state index contributed by atoms with van der Waals surface area (Å²) in [6.07, 6.45) is 2.26. The van der Waals surface area contributed by atoms with Gasteiger partial charge < -0.3 is 9.42 Å². The van der Waals surface area contributed by atoms with Crippen LogP contribution in [-0.4, -0.2) is 37.3 Å².